The van der Waals surface area contributed by atoms with Crippen LogP contribution in [-0.4, -0.2) is 21.6 Å². The summed E-state index contributed by atoms with van der Waals surface area (Å²) >= 11 is 3.07. The van der Waals surface area contributed by atoms with E-state index in [2.05, 4.69) is 15.3 Å². The lowest BCUT2D eigenvalue weighted by Crippen LogP contribution is -2.28. The van der Waals surface area contributed by atoms with Crippen molar-refractivity contribution in [3.05, 3.63) is 62.2 Å². The Hall–Kier alpha value is -2.58. The molecule has 0 saturated carbocycles. The summed E-state index contributed by atoms with van der Waals surface area (Å²) in [5, 5.41) is 4.84. The minimum absolute atomic E-state index is 0.0570. The Morgan fingerprint density at radius 3 is 3.03 bits per heavy atom. The number of aromatic amines is 1. The van der Waals surface area contributed by atoms with Crippen LogP contribution in [0.5, 0.6) is 0 Å². The van der Waals surface area contributed by atoms with Crippen LogP contribution in [0.1, 0.15) is 47.0 Å². The van der Waals surface area contributed by atoms with E-state index >= 15 is 0 Å². The maximum Gasteiger partial charge on any atom is 0.259 e. The molecule has 1 aliphatic rings. The Kier molecular flexibility index (Phi) is 5.35. The Morgan fingerprint density at radius 1 is 1.35 bits per heavy atom. The summed E-state index contributed by atoms with van der Waals surface area (Å²) in [6.07, 6.45) is 3.13. The van der Waals surface area contributed by atoms with Crippen LogP contribution in [0.15, 0.2) is 33.5 Å². The summed E-state index contributed by atoms with van der Waals surface area (Å²) in [4.78, 5) is 34.6. The number of amides is 1. The van der Waals surface area contributed by atoms with Crippen LogP contribution in [0.3, 0.4) is 0 Å². The highest BCUT2D eigenvalue weighted by Gasteiger charge is 2.21. The lowest BCUT2D eigenvalue weighted by Gasteiger charge is -2.12. The number of fused-ring (bicyclic) bond motifs is 4. The van der Waals surface area contributed by atoms with E-state index in [-0.39, 0.29) is 23.3 Å². The zero-order valence-corrected chi connectivity index (χ0v) is 19.0. The van der Waals surface area contributed by atoms with Crippen LogP contribution >= 0.6 is 23.1 Å². The maximum atomic E-state index is 12.5. The number of carbonyl (C=O) groups is 1. The van der Waals surface area contributed by atoms with Gasteiger partial charge in [-0.3, -0.25) is 9.59 Å². The van der Waals surface area contributed by atoms with Gasteiger partial charge >= 0.3 is 0 Å². The zero-order chi connectivity index (χ0) is 21.5. The number of thioether (sulfide) groups is 1. The topological polar surface area (TPSA) is 88.0 Å². The van der Waals surface area contributed by atoms with E-state index in [0.717, 1.165) is 51.8 Å². The van der Waals surface area contributed by atoms with E-state index < -0.39 is 0 Å². The summed E-state index contributed by atoms with van der Waals surface area (Å²) in [5.74, 6) is 2.10. The Balaban J connectivity index is 1.21. The molecule has 3 aromatic heterocycles. The van der Waals surface area contributed by atoms with Crippen molar-refractivity contribution in [1.82, 2.24) is 15.3 Å². The van der Waals surface area contributed by atoms with Gasteiger partial charge in [-0.1, -0.05) is 18.2 Å². The molecule has 5 rings (SSSR count). The molecule has 0 bridgehead atoms. The van der Waals surface area contributed by atoms with Crippen molar-refractivity contribution in [1.29, 1.82) is 0 Å². The number of para-hydroxylation sites is 1. The fourth-order valence-electron chi connectivity index (χ4n) is 4.31. The third-order valence-corrected chi connectivity index (χ3v) is 7.88. The molecular formula is C23H23N3O3S2. The Labute approximate surface area is 187 Å². The van der Waals surface area contributed by atoms with Crippen molar-refractivity contribution < 1.29 is 9.21 Å². The summed E-state index contributed by atoms with van der Waals surface area (Å²) < 4.78 is 5.94. The molecule has 2 N–H and O–H groups in total. The van der Waals surface area contributed by atoms with Gasteiger partial charge in [0.05, 0.1) is 22.9 Å². The van der Waals surface area contributed by atoms with Crippen LogP contribution in [-0.2, 0) is 23.4 Å². The summed E-state index contributed by atoms with van der Waals surface area (Å²) in [7, 11) is 0. The molecule has 0 radical (unpaired) electrons. The number of aromatic nitrogens is 2. The predicted octanol–water partition coefficient (Wildman–Crippen LogP) is 4.64. The first-order chi connectivity index (χ1) is 15.0. The van der Waals surface area contributed by atoms with Crippen molar-refractivity contribution in [2.45, 2.75) is 44.9 Å². The molecule has 1 amide bonds. The second kappa shape index (κ2) is 8.16. The van der Waals surface area contributed by atoms with Gasteiger partial charge in [-0.25, -0.2) is 4.98 Å². The minimum Gasteiger partial charge on any atom is -0.459 e. The SMILES string of the molecule is Cc1c(C(C)NC(=O)CSCc2nc3sc4c(c3c(=O)[nH]2)CCC4)oc2ccccc12. The van der Waals surface area contributed by atoms with Gasteiger partial charge in [0, 0.05) is 15.8 Å². The molecule has 8 heteroatoms. The number of benzene rings is 1. The summed E-state index contributed by atoms with van der Waals surface area (Å²) in [6.45, 7) is 3.94. The number of carbonyl (C=O) groups excluding carboxylic acids is 1. The van der Waals surface area contributed by atoms with Crippen molar-refractivity contribution >= 4 is 50.2 Å². The second-order valence-electron chi connectivity index (χ2n) is 7.92. The average Bonchev–Trinajstić information content (AvgIpc) is 3.41. The number of hydrogen-bond acceptors (Lipinski definition) is 6. The van der Waals surface area contributed by atoms with Crippen LogP contribution < -0.4 is 10.9 Å². The van der Waals surface area contributed by atoms with Gasteiger partial charge in [0.15, 0.2) is 0 Å². The highest BCUT2D eigenvalue weighted by Crippen LogP contribution is 2.34. The van der Waals surface area contributed by atoms with Gasteiger partial charge in [-0.2, -0.15) is 0 Å². The fraction of sp³-hybridized carbons (Fsp3) is 0.348. The van der Waals surface area contributed by atoms with Crippen LogP contribution in [0.4, 0.5) is 0 Å². The number of nitrogens with zero attached hydrogens (tertiary/aromatic N) is 1. The normalized spacial score (nSPS) is 14.3. The average molecular weight is 454 g/mol. The molecule has 3 heterocycles. The van der Waals surface area contributed by atoms with E-state index in [1.165, 1.54) is 22.2 Å². The molecule has 0 spiro atoms. The van der Waals surface area contributed by atoms with E-state index in [1.807, 2.05) is 38.1 Å². The highest BCUT2D eigenvalue weighted by molar-refractivity contribution is 7.99. The maximum absolute atomic E-state index is 12.5. The van der Waals surface area contributed by atoms with Gasteiger partial charge in [0.25, 0.3) is 5.56 Å². The zero-order valence-electron chi connectivity index (χ0n) is 17.4. The number of nitrogens with one attached hydrogen (secondary N) is 2. The van der Waals surface area contributed by atoms with E-state index in [9.17, 15) is 9.59 Å². The molecule has 6 nitrogen and oxygen atoms in total. The van der Waals surface area contributed by atoms with E-state index in [1.54, 1.807) is 11.3 Å². The smallest absolute Gasteiger partial charge is 0.259 e. The minimum atomic E-state index is -0.219. The quantitative estimate of drug-likeness (QED) is 0.444. The number of H-pyrrole nitrogens is 1. The largest absolute Gasteiger partial charge is 0.459 e. The van der Waals surface area contributed by atoms with E-state index in [0.29, 0.717) is 11.6 Å². The Bertz CT molecular complexity index is 1350. The number of rotatable bonds is 6. The van der Waals surface area contributed by atoms with Crippen LogP contribution in [0.2, 0.25) is 0 Å². The first-order valence-electron chi connectivity index (χ1n) is 10.4. The van der Waals surface area contributed by atoms with Crippen LogP contribution in [0, 0.1) is 6.92 Å². The van der Waals surface area contributed by atoms with Crippen LogP contribution in [0.25, 0.3) is 21.2 Å². The van der Waals surface area contributed by atoms with Crippen molar-refractivity contribution in [3.63, 3.8) is 0 Å². The van der Waals surface area contributed by atoms with Crippen molar-refractivity contribution in [2.75, 3.05) is 5.75 Å². The molecule has 4 aromatic rings. The summed E-state index contributed by atoms with van der Waals surface area (Å²) in [5.41, 5.74) is 3.00. The lowest BCUT2D eigenvalue weighted by atomic mass is 10.1. The van der Waals surface area contributed by atoms with Crippen molar-refractivity contribution in [3.8, 4) is 0 Å². The Morgan fingerprint density at radius 2 is 2.19 bits per heavy atom. The standard InChI is InChI=1S/C23H23N3O3S2/c1-12-14-6-3-4-8-16(14)29-21(12)13(2)24-19(27)11-30-10-18-25-22(28)20-15-7-5-9-17(15)31-23(20)26-18/h3-4,6,8,13H,5,7,9-11H2,1-2H3,(H,24,27)(H,25,26,28). The third-order valence-electron chi connectivity index (χ3n) is 5.75. The van der Waals surface area contributed by atoms with Gasteiger partial charge in [-0.05, 0) is 44.7 Å². The first-order valence-corrected chi connectivity index (χ1v) is 12.4. The molecule has 160 valence electrons. The molecule has 1 unspecified atom stereocenters. The van der Waals surface area contributed by atoms with Gasteiger partial charge in [-0.15, -0.1) is 23.1 Å². The molecular weight excluding hydrogens is 430 g/mol. The van der Waals surface area contributed by atoms with Crippen molar-refractivity contribution in [2.24, 2.45) is 0 Å². The molecule has 0 fully saturated rings. The van der Waals surface area contributed by atoms with E-state index in [4.69, 9.17) is 4.42 Å². The number of hydrogen-bond donors (Lipinski definition) is 2. The molecule has 0 aliphatic heterocycles. The third kappa shape index (κ3) is 3.78. The molecule has 0 saturated heterocycles. The second-order valence-corrected chi connectivity index (χ2v) is 9.99. The first kappa shape index (κ1) is 20.3. The fourth-order valence-corrected chi connectivity index (χ4v) is 6.29. The number of aryl methyl sites for hydroxylation is 3. The predicted molar refractivity (Wildman–Crippen MR) is 126 cm³/mol. The molecule has 1 atom stereocenters. The number of thiophene rings is 1. The summed E-state index contributed by atoms with van der Waals surface area (Å²) in [6, 6.07) is 7.66. The molecule has 1 aliphatic carbocycles. The monoisotopic (exact) mass is 453 g/mol. The molecule has 31 heavy (non-hydrogen) atoms. The lowest BCUT2D eigenvalue weighted by molar-refractivity contribution is -0.119. The van der Waals surface area contributed by atoms with Gasteiger partial charge in [0.2, 0.25) is 5.91 Å². The van der Waals surface area contributed by atoms with Gasteiger partial charge in [0.1, 0.15) is 22.0 Å². The van der Waals surface area contributed by atoms with Gasteiger partial charge < -0.3 is 14.7 Å². The number of furan rings is 1. The highest BCUT2D eigenvalue weighted by atomic mass is 32.2. The molecule has 1 aromatic carbocycles.